The van der Waals surface area contributed by atoms with Crippen LogP contribution in [0.15, 0.2) is 12.1 Å². The normalized spacial score (nSPS) is 24.0. The number of methoxy groups -OCH3 is 1. The first kappa shape index (κ1) is 13.9. The van der Waals surface area contributed by atoms with Crippen molar-refractivity contribution in [3.05, 3.63) is 29.1 Å². The van der Waals surface area contributed by atoms with Gasteiger partial charge in [-0.05, 0) is 30.0 Å². The molecule has 2 heterocycles. The molecular weight excluding hydrogens is 277 g/mol. The van der Waals surface area contributed by atoms with Crippen LogP contribution in [0.2, 0.25) is 0 Å². The minimum Gasteiger partial charge on any atom is -0.493 e. The molecule has 0 bridgehead atoms. The number of ether oxygens (including phenoxy) is 2. The third kappa shape index (κ3) is 2.34. The molecule has 5 nitrogen and oxygen atoms in total. The maximum absolute atomic E-state index is 14.3. The summed E-state index contributed by atoms with van der Waals surface area (Å²) in [5.74, 6) is -2.49. The second kappa shape index (κ2) is 5.35. The largest absolute Gasteiger partial charge is 0.493 e. The minimum atomic E-state index is -0.993. The molecule has 2 aliphatic rings. The summed E-state index contributed by atoms with van der Waals surface area (Å²) in [7, 11) is 1.22. The first-order chi connectivity index (χ1) is 10.1. The summed E-state index contributed by atoms with van der Waals surface area (Å²) in [6, 6.07) is 3.06. The summed E-state index contributed by atoms with van der Waals surface area (Å²) in [5.41, 5.74) is 1.29. The van der Waals surface area contributed by atoms with Crippen LogP contribution in [0.1, 0.15) is 23.5 Å². The molecule has 0 aromatic heterocycles. The summed E-state index contributed by atoms with van der Waals surface area (Å²) in [6.45, 7) is 0.815. The number of carbonyl (C=O) groups excluding carboxylic acids is 2. The maximum atomic E-state index is 14.3. The molecule has 1 fully saturated rings. The van der Waals surface area contributed by atoms with Crippen LogP contribution in [0.3, 0.4) is 0 Å². The molecule has 21 heavy (non-hydrogen) atoms. The SMILES string of the molecule is COC(=O)C1C(=O)NC[C@H]1c1cc2c(cc1F)OCCC2. The van der Waals surface area contributed by atoms with Crippen LogP contribution < -0.4 is 10.1 Å². The third-order valence-electron chi connectivity index (χ3n) is 4.06. The highest BCUT2D eigenvalue weighted by molar-refractivity contribution is 6.00. The molecule has 1 aromatic rings. The molecule has 1 aromatic carbocycles. The molecule has 0 radical (unpaired) electrons. The quantitative estimate of drug-likeness (QED) is 0.656. The molecule has 0 saturated carbocycles. The van der Waals surface area contributed by atoms with Gasteiger partial charge in [-0.1, -0.05) is 0 Å². The number of rotatable bonds is 2. The van der Waals surface area contributed by atoms with Crippen LogP contribution in [-0.2, 0) is 20.7 Å². The van der Waals surface area contributed by atoms with Gasteiger partial charge >= 0.3 is 5.97 Å². The number of fused-ring (bicyclic) bond motifs is 1. The van der Waals surface area contributed by atoms with Gasteiger partial charge in [0.15, 0.2) is 0 Å². The van der Waals surface area contributed by atoms with Crippen molar-refractivity contribution in [2.24, 2.45) is 5.92 Å². The Hall–Kier alpha value is -2.11. The van der Waals surface area contributed by atoms with E-state index in [9.17, 15) is 14.0 Å². The molecule has 112 valence electrons. The summed E-state index contributed by atoms with van der Waals surface area (Å²) < 4.78 is 24.4. The Labute approximate surface area is 121 Å². The van der Waals surface area contributed by atoms with Gasteiger partial charge in [0.1, 0.15) is 17.5 Å². The minimum absolute atomic E-state index is 0.231. The van der Waals surface area contributed by atoms with E-state index < -0.39 is 29.5 Å². The lowest BCUT2D eigenvalue weighted by atomic mass is 9.86. The van der Waals surface area contributed by atoms with Crippen molar-refractivity contribution in [2.75, 3.05) is 20.3 Å². The van der Waals surface area contributed by atoms with Gasteiger partial charge in [-0.3, -0.25) is 9.59 Å². The molecule has 6 heteroatoms. The molecule has 1 unspecified atom stereocenters. The molecule has 1 saturated heterocycles. The van der Waals surface area contributed by atoms with Gasteiger partial charge in [0.25, 0.3) is 0 Å². The number of benzene rings is 1. The fourth-order valence-electron chi connectivity index (χ4n) is 2.99. The van der Waals surface area contributed by atoms with Crippen LogP contribution in [0.4, 0.5) is 4.39 Å². The Kier molecular flexibility index (Phi) is 3.53. The summed E-state index contributed by atoms with van der Waals surface area (Å²) in [5, 5.41) is 2.60. The lowest BCUT2D eigenvalue weighted by molar-refractivity contribution is -0.149. The van der Waals surface area contributed by atoms with Gasteiger partial charge in [-0.25, -0.2) is 4.39 Å². The number of hydrogen-bond donors (Lipinski definition) is 1. The van der Waals surface area contributed by atoms with Crippen LogP contribution >= 0.6 is 0 Å². The molecule has 1 amide bonds. The smallest absolute Gasteiger partial charge is 0.318 e. The third-order valence-corrected chi connectivity index (χ3v) is 4.06. The molecule has 0 aliphatic carbocycles. The van der Waals surface area contributed by atoms with Gasteiger partial charge in [0.2, 0.25) is 5.91 Å². The fourth-order valence-corrected chi connectivity index (χ4v) is 2.99. The number of halogens is 1. The van der Waals surface area contributed by atoms with E-state index in [1.54, 1.807) is 6.07 Å². The Balaban J connectivity index is 1.99. The van der Waals surface area contributed by atoms with Crippen molar-refractivity contribution < 1.29 is 23.5 Å². The van der Waals surface area contributed by atoms with Crippen molar-refractivity contribution in [3.63, 3.8) is 0 Å². The van der Waals surface area contributed by atoms with Crippen molar-refractivity contribution in [1.29, 1.82) is 0 Å². The van der Waals surface area contributed by atoms with Crippen LogP contribution in [0.5, 0.6) is 5.75 Å². The number of amides is 1. The summed E-state index contributed by atoms with van der Waals surface area (Å²) in [4.78, 5) is 23.6. The monoisotopic (exact) mass is 293 g/mol. The van der Waals surface area contributed by atoms with Crippen molar-refractivity contribution >= 4 is 11.9 Å². The molecule has 2 atom stereocenters. The summed E-state index contributed by atoms with van der Waals surface area (Å²) in [6.07, 6.45) is 1.68. The van der Waals surface area contributed by atoms with Crippen molar-refractivity contribution in [3.8, 4) is 5.75 Å². The first-order valence-corrected chi connectivity index (χ1v) is 6.92. The fraction of sp³-hybridized carbons (Fsp3) is 0.467. The van der Waals surface area contributed by atoms with E-state index >= 15 is 0 Å². The molecule has 1 N–H and O–H groups in total. The zero-order valence-electron chi connectivity index (χ0n) is 11.6. The lowest BCUT2D eigenvalue weighted by Gasteiger charge is -2.21. The predicted octanol–water partition coefficient (Wildman–Crippen LogP) is 1.15. The number of esters is 1. The van der Waals surface area contributed by atoms with E-state index in [1.165, 1.54) is 13.2 Å². The van der Waals surface area contributed by atoms with Gasteiger partial charge in [0.05, 0.1) is 13.7 Å². The van der Waals surface area contributed by atoms with E-state index in [0.29, 0.717) is 17.9 Å². The second-order valence-corrected chi connectivity index (χ2v) is 5.29. The zero-order chi connectivity index (χ0) is 15.0. The van der Waals surface area contributed by atoms with Crippen molar-refractivity contribution in [2.45, 2.75) is 18.8 Å². The zero-order valence-corrected chi connectivity index (χ0v) is 11.6. The van der Waals surface area contributed by atoms with E-state index in [1.807, 2.05) is 0 Å². The molecule has 2 aliphatic heterocycles. The highest BCUT2D eigenvalue weighted by Crippen LogP contribution is 2.36. The maximum Gasteiger partial charge on any atom is 0.318 e. The Bertz CT molecular complexity index is 602. The molecular formula is C15H16FNO4. The number of hydrogen-bond acceptors (Lipinski definition) is 4. The molecule has 0 spiro atoms. The Morgan fingerprint density at radius 2 is 2.29 bits per heavy atom. The van der Waals surface area contributed by atoms with Gasteiger partial charge in [-0.2, -0.15) is 0 Å². The van der Waals surface area contributed by atoms with Crippen molar-refractivity contribution in [1.82, 2.24) is 5.32 Å². The van der Waals surface area contributed by atoms with Gasteiger partial charge < -0.3 is 14.8 Å². The second-order valence-electron chi connectivity index (χ2n) is 5.29. The van der Waals surface area contributed by atoms with E-state index in [2.05, 4.69) is 10.1 Å². The lowest BCUT2D eigenvalue weighted by Crippen LogP contribution is -2.28. The highest BCUT2D eigenvalue weighted by atomic mass is 19.1. The Morgan fingerprint density at radius 1 is 1.48 bits per heavy atom. The molecule has 3 rings (SSSR count). The predicted molar refractivity (Wildman–Crippen MR) is 71.5 cm³/mol. The van der Waals surface area contributed by atoms with E-state index in [0.717, 1.165) is 18.4 Å². The number of aryl methyl sites for hydroxylation is 1. The van der Waals surface area contributed by atoms with Crippen LogP contribution in [-0.4, -0.2) is 32.1 Å². The average molecular weight is 293 g/mol. The number of carbonyl (C=O) groups is 2. The average Bonchev–Trinajstić information content (AvgIpc) is 2.87. The van der Waals surface area contributed by atoms with E-state index in [4.69, 9.17) is 4.74 Å². The highest BCUT2D eigenvalue weighted by Gasteiger charge is 2.43. The number of nitrogens with one attached hydrogen (secondary N) is 1. The standard InChI is InChI=1S/C15H16FNO4/c1-20-15(19)13-10(7-17-14(13)18)9-5-8-3-2-4-21-12(8)6-11(9)16/h5-6,10,13H,2-4,7H2,1H3,(H,17,18)/t10-,13?/m0/s1. The van der Waals surface area contributed by atoms with E-state index in [-0.39, 0.29) is 6.54 Å². The van der Waals surface area contributed by atoms with Gasteiger partial charge in [-0.15, -0.1) is 0 Å². The van der Waals surface area contributed by atoms with Gasteiger partial charge in [0, 0.05) is 18.5 Å². The van der Waals surface area contributed by atoms with Crippen LogP contribution in [0.25, 0.3) is 0 Å². The first-order valence-electron chi connectivity index (χ1n) is 6.92. The van der Waals surface area contributed by atoms with Crippen LogP contribution in [0, 0.1) is 11.7 Å². The topological polar surface area (TPSA) is 64.6 Å². The summed E-state index contributed by atoms with van der Waals surface area (Å²) >= 11 is 0. The Morgan fingerprint density at radius 3 is 3.05 bits per heavy atom.